The van der Waals surface area contributed by atoms with Crippen LogP contribution in [0.3, 0.4) is 0 Å². The zero-order valence-corrected chi connectivity index (χ0v) is 11.2. The molecule has 0 aliphatic carbocycles. The average Bonchev–Trinajstić information content (AvgIpc) is 2.16. The minimum atomic E-state index is -4.26. The molecular formula is C8H8F3IN2OS. The molecule has 0 aliphatic heterocycles. The van der Waals surface area contributed by atoms with Crippen LogP contribution < -0.4 is 5.56 Å². The Morgan fingerprint density at radius 1 is 1.56 bits per heavy atom. The zero-order valence-electron chi connectivity index (χ0n) is 8.21. The summed E-state index contributed by atoms with van der Waals surface area (Å²) in [4.78, 5) is 15.5. The van der Waals surface area contributed by atoms with Gasteiger partial charge in [-0.25, -0.2) is 4.98 Å². The Kier molecular flexibility index (Phi) is 4.65. The number of halogens is 4. The Labute approximate surface area is 108 Å². The van der Waals surface area contributed by atoms with Crippen LogP contribution >= 0.6 is 34.4 Å². The summed E-state index contributed by atoms with van der Waals surface area (Å²) in [5.74, 6) is 0.236. The van der Waals surface area contributed by atoms with Gasteiger partial charge in [-0.1, -0.05) is 0 Å². The maximum Gasteiger partial charge on any atom is 0.441 e. The first-order valence-electron chi connectivity index (χ1n) is 4.24. The summed E-state index contributed by atoms with van der Waals surface area (Å²) < 4.78 is 37.3. The van der Waals surface area contributed by atoms with Gasteiger partial charge in [0.25, 0.3) is 5.56 Å². The lowest BCUT2D eigenvalue weighted by molar-refractivity contribution is -0.0328. The smallest absolute Gasteiger partial charge is 0.295 e. The van der Waals surface area contributed by atoms with E-state index in [0.29, 0.717) is 9.39 Å². The normalized spacial score (nSPS) is 11.8. The minimum Gasteiger partial charge on any atom is -0.295 e. The molecule has 0 fully saturated rings. The number of hydrogen-bond acceptors (Lipinski definition) is 3. The molecule has 0 N–H and O–H groups in total. The van der Waals surface area contributed by atoms with E-state index < -0.39 is 5.51 Å². The van der Waals surface area contributed by atoms with Crippen LogP contribution in [-0.2, 0) is 6.54 Å². The molecule has 0 unspecified atom stereocenters. The summed E-state index contributed by atoms with van der Waals surface area (Å²) in [6, 6.07) is 0. The highest BCUT2D eigenvalue weighted by molar-refractivity contribution is 14.1. The molecule has 0 bridgehead atoms. The van der Waals surface area contributed by atoms with E-state index in [1.165, 1.54) is 10.8 Å². The van der Waals surface area contributed by atoms with Gasteiger partial charge >= 0.3 is 5.51 Å². The van der Waals surface area contributed by atoms with Crippen molar-refractivity contribution in [3.05, 3.63) is 25.9 Å². The van der Waals surface area contributed by atoms with Gasteiger partial charge in [0.05, 0.1) is 3.57 Å². The van der Waals surface area contributed by atoms with Crippen molar-refractivity contribution in [2.75, 3.05) is 5.75 Å². The maximum atomic E-state index is 11.9. The van der Waals surface area contributed by atoms with E-state index >= 15 is 0 Å². The molecular weight excluding hydrogens is 356 g/mol. The van der Waals surface area contributed by atoms with Crippen LogP contribution in [-0.4, -0.2) is 20.8 Å². The second-order valence-electron chi connectivity index (χ2n) is 2.90. The summed E-state index contributed by atoms with van der Waals surface area (Å²) in [6.07, 6.45) is 1.41. The van der Waals surface area contributed by atoms with Crippen LogP contribution in [0.2, 0.25) is 0 Å². The first-order chi connectivity index (χ1) is 7.31. The van der Waals surface area contributed by atoms with Crippen molar-refractivity contribution < 1.29 is 13.2 Å². The lowest BCUT2D eigenvalue weighted by Gasteiger charge is -2.10. The highest BCUT2D eigenvalue weighted by atomic mass is 127. The van der Waals surface area contributed by atoms with Crippen molar-refractivity contribution in [3.8, 4) is 0 Å². The molecule has 1 aromatic heterocycles. The van der Waals surface area contributed by atoms with Crippen molar-refractivity contribution in [1.29, 1.82) is 0 Å². The first-order valence-corrected chi connectivity index (χ1v) is 6.30. The monoisotopic (exact) mass is 364 g/mol. The number of nitrogens with zero attached hydrogens (tertiary/aromatic N) is 2. The van der Waals surface area contributed by atoms with E-state index in [1.54, 1.807) is 6.92 Å². The molecule has 0 amide bonds. The largest absolute Gasteiger partial charge is 0.441 e. The Balaban J connectivity index is 2.75. The van der Waals surface area contributed by atoms with Crippen molar-refractivity contribution in [2.24, 2.45) is 0 Å². The highest BCUT2D eigenvalue weighted by Crippen LogP contribution is 2.29. The molecule has 1 heterocycles. The van der Waals surface area contributed by atoms with Crippen molar-refractivity contribution >= 4 is 34.4 Å². The topological polar surface area (TPSA) is 34.9 Å². The molecule has 3 nitrogen and oxygen atoms in total. The molecule has 0 radical (unpaired) electrons. The molecule has 16 heavy (non-hydrogen) atoms. The summed E-state index contributed by atoms with van der Waals surface area (Å²) in [5.41, 5.74) is -4.55. The fraction of sp³-hybridized carbons (Fsp3) is 0.500. The summed E-state index contributed by atoms with van der Waals surface area (Å²) in [7, 11) is 0. The van der Waals surface area contributed by atoms with Gasteiger partial charge in [-0.15, -0.1) is 0 Å². The van der Waals surface area contributed by atoms with Crippen molar-refractivity contribution in [2.45, 2.75) is 19.0 Å². The summed E-state index contributed by atoms with van der Waals surface area (Å²) in [6.45, 7) is 1.61. The molecule has 0 atom stereocenters. The maximum absolute atomic E-state index is 11.9. The van der Waals surface area contributed by atoms with Gasteiger partial charge in [-0.2, -0.15) is 13.2 Å². The molecule has 0 saturated carbocycles. The van der Waals surface area contributed by atoms with E-state index in [0.717, 1.165) is 0 Å². The predicted molar refractivity (Wildman–Crippen MR) is 64.5 cm³/mol. The third-order valence-corrected chi connectivity index (χ3v) is 3.24. The van der Waals surface area contributed by atoms with Gasteiger partial charge in [0.1, 0.15) is 5.82 Å². The van der Waals surface area contributed by atoms with Gasteiger partial charge in [-0.05, 0) is 41.3 Å². The van der Waals surface area contributed by atoms with Crippen LogP contribution in [0.5, 0.6) is 0 Å². The standard InChI is InChI=1S/C8H8F3IN2OS/c1-5-13-4-6(12)7(15)14(5)2-3-16-8(9,10)11/h4H,2-3H2,1H3. The fourth-order valence-electron chi connectivity index (χ4n) is 1.07. The number of alkyl halides is 3. The van der Waals surface area contributed by atoms with Crippen LogP contribution in [0.1, 0.15) is 5.82 Å². The van der Waals surface area contributed by atoms with E-state index in [-0.39, 0.29) is 29.6 Å². The number of thioether (sulfide) groups is 1. The Morgan fingerprint density at radius 2 is 2.19 bits per heavy atom. The summed E-state index contributed by atoms with van der Waals surface area (Å²) >= 11 is 1.67. The molecule has 0 spiro atoms. The molecule has 0 saturated heterocycles. The molecule has 8 heteroatoms. The van der Waals surface area contributed by atoms with Gasteiger partial charge < -0.3 is 0 Å². The van der Waals surface area contributed by atoms with E-state index in [4.69, 9.17) is 0 Å². The second-order valence-corrected chi connectivity index (χ2v) is 5.23. The average molecular weight is 364 g/mol. The third kappa shape index (κ3) is 3.96. The van der Waals surface area contributed by atoms with Crippen LogP contribution in [0.15, 0.2) is 11.0 Å². The van der Waals surface area contributed by atoms with E-state index in [1.807, 2.05) is 22.6 Å². The SMILES string of the molecule is Cc1ncc(I)c(=O)n1CCSC(F)(F)F. The number of rotatable bonds is 3. The molecule has 0 aromatic carbocycles. The number of aromatic nitrogens is 2. The third-order valence-electron chi connectivity index (χ3n) is 1.79. The Morgan fingerprint density at radius 3 is 2.75 bits per heavy atom. The van der Waals surface area contributed by atoms with Gasteiger partial charge in [-0.3, -0.25) is 9.36 Å². The lowest BCUT2D eigenvalue weighted by Crippen LogP contribution is -2.26. The highest BCUT2D eigenvalue weighted by Gasteiger charge is 2.27. The van der Waals surface area contributed by atoms with Crippen LogP contribution in [0.4, 0.5) is 13.2 Å². The lowest BCUT2D eigenvalue weighted by atomic mass is 10.5. The Bertz CT molecular complexity index is 432. The molecule has 0 aliphatic rings. The number of aryl methyl sites for hydroxylation is 1. The second kappa shape index (κ2) is 5.39. The van der Waals surface area contributed by atoms with Crippen molar-refractivity contribution in [3.63, 3.8) is 0 Å². The van der Waals surface area contributed by atoms with Crippen LogP contribution in [0.25, 0.3) is 0 Å². The van der Waals surface area contributed by atoms with Gasteiger partial charge in [0.2, 0.25) is 0 Å². The van der Waals surface area contributed by atoms with Crippen LogP contribution in [0, 0.1) is 10.5 Å². The van der Waals surface area contributed by atoms with E-state index in [2.05, 4.69) is 4.98 Å². The fourth-order valence-corrected chi connectivity index (χ4v) is 2.00. The zero-order chi connectivity index (χ0) is 12.3. The molecule has 1 rings (SSSR count). The Hall–Kier alpha value is -0.250. The van der Waals surface area contributed by atoms with Gasteiger partial charge in [0.15, 0.2) is 0 Å². The molecule has 1 aromatic rings. The molecule has 90 valence electrons. The first kappa shape index (κ1) is 13.8. The number of hydrogen-bond donors (Lipinski definition) is 0. The van der Waals surface area contributed by atoms with Crippen molar-refractivity contribution in [1.82, 2.24) is 9.55 Å². The quantitative estimate of drug-likeness (QED) is 0.773. The minimum absolute atomic E-state index is 0.0126. The predicted octanol–water partition coefficient (Wildman–Crippen LogP) is 2.41. The van der Waals surface area contributed by atoms with Gasteiger partial charge in [0, 0.05) is 18.5 Å². The van der Waals surface area contributed by atoms with E-state index in [9.17, 15) is 18.0 Å². The summed E-state index contributed by atoms with van der Waals surface area (Å²) in [5, 5.41) is 0.